The van der Waals surface area contributed by atoms with Crippen LogP contribution < -0.4 is 5.32 Å². The molecule has 8 nitrogen and oxygen atoms in total. The Morgan fingerprint density at radius 3 is 2.20 bits per heavy atom. The number of alkyl carbamates (subject to hydrolysis) is 1. The Labute approximate surface area is 239 Å². The number of carboxylic acids is 1. The number of nitrogens with zero attached hydrogens (tertiary/aromatic N) is 2. The average Bonchev–Trinajstić information content (AvgIpc) is 3.66. The lowest BCUT2D eigenvalue weighted by Gasteiger charge is -2.35. The lowest BCUT2D eigenvalue weighted by molar-refractivity contribution is -0.144. The molecule has 6 rings (SSSR count). The summed E-state index contributed by atoms with van der Waals surface area (Å²) >= 11 is 0. The highest BCUT2D eigenvalue weighted by molar-refractivity contribution is 5.92. The number of carbonyl (C=O) groups excluding carboxylic acids is 2. The van der Waals surface area contributed by atoms with Crippen LogP contribution in [0, 0.1) is 5.92 Å². The fraction of sp³-hybridized carbons (Fsp3) is 0.364. The van der Waals surface area contributed by atoms with Gasteiger partial charge in [-0.3, -0.25) is 14.5 Å². The number of fused-ring (bicyclic) bond motifs is 3. The number of hydrogen-bond donors (Lipinski definition) is 2. The third-order valence-electron chi connectivity index (χ3n) is 9.02. The van der Waals surface area contributed by atoms with E-state index in [0.29, 0.717) is 39.0 Å². The maximum atomic E-state index is 14.1. The molecule has 0 spiro atoms. The van der Waals surface area contributed by atoms with E-state index in [-0.39, 0.29) is 18.4 Å². The number of amides is 2. The Bertz CT molecular complexity index is 1410. The molecule has 0 bridgehead atoms. The van der Waals surface area contributed by atoms with Crippen molar-refractivity contribution in [3.63, 3.8) is 0 Å². The molecule has 0 radical (unpaired) electrons. The van der Waals surface area contributed by atoms with Crippen LogP contribution in [0.2, 0.25) is 0 Å². The van der Waals surface area contributed by atoms with Crippen molar-refractivity contribution in [3.8, 4) is 11.1 Å². The number of benzene rings is 3. The summed E-state index contributed by atoms with van der Waals surface area (Å²) in [5.74, 6) is -1.85. The molecule has 212 valence electrons. The molecule has 3 aliphatic rings. The molecule has 3 aromatic rings. The lowest BCUT2D eigenvalue weighted by atomic mass is 9.95. The molecule has 3 aromatic carbocycles. The smallest absolute Gasteiger partial charge is 0.408 e. The predicted molar refractivity (Wildman–Crippen MR) is 154 cm³/mol. The molecule has 3 atom stereocenters. The number of aliphatic carboxylic acids is 1. The van der Waals surface area contributed by atoms with Crippen LogP contribution >= 0.6 is 0 Å². The summed E-state index contributed by atoms with van der Waals surface area (Å²) in [5.41, 5.74) is 4.45. The maximum Gasteiger partial charge on any atom is 0.408 e. The largest absolute Gasteiger partial charge is 0.481 e. The van der Waals surface area contributed by atoms with Crippen LogP contribution in [0.1, 0.15) is 42.4 Å². The number of hydrogen-bond acceptors (Lipinski definition) is 5. The Morgan fingerprint density at radius 1 is 0.927 bits per heavy atom. The summed E-state index contributed by atoms with van der Waals surface area (Å²) < 4.78 is 5.85. The first-order chi connectivity index (χ1) is 19.9. The number of ether oxygens (including phenoxy) is 1. The van der Waals surface area contributed by atoms with E-state index in [1.807, 2.05) is 54.6 Å². The molecule has 2 amide bonds. The molecule has 2 aliphatic heterocycles. The van der Waals surface area contributed by atoms with Crippen LogP contribution in [0.4, 0.5) is 4.79 Å². The SMILES string of the molecule is CC1C(C(=O)O)CCN1C(=O)C1(NC(=O)OCC2c3ccccc3-c3ccccc32)CCN(Cc2ccccc2)C1. The van der Waals surface area contributed by atoms with Gasteiger partial charge in [0.05, 0.1) is 5.92 Å². The van der Waals surface area contributed by atoms with Gasteiger partial charge in [0.25, 0.3) is 0 Å². The fourth-order valence-corrected chi connectivity index (χ4v) is 6.86. The highest BCUT2D eigenvalue weighted by Crippen LogP contribution is 2.44. The monoisotopic (exact) mass is 553 g/mol. The van der Waals surface area contributed by atoms with Crippen molar-refractivity contribution in [2.75, 3.05) is 26.2 Å². The van der Waals surface area contributed by atoms with Gasteiger partial charge in [-0.2, -0.15) is 0 Å². The summed E-state index contributed by atoms with van der Waals surface area (Å²) in [6.45, 7) is 3.88. The van der Waals surface area contributed by atoms with Crippen LogP contribution in [0.15, 0.2) is 78.9 Å². The van der Waals surface area contributed by atoms with Gasteiger partial charge in [-0.25, -0.2) is 4.79 Å². The molecule has 0 aromatic heterocycles. The number of rotatable bonds is 7. The van der Waals surface area contributed by atoms with Crippen molar-refractivity contribution in [2.24, 2.45) is 5.92 Å². The van der Waals surface area contributed by atoms with E-state index in [2.05, 4.69) is 34.5 Å². The fourth-order valence-electron chi connectivity index (χ4n) is 6.86. The van der Waals surface area contributed by atoms with Gasteiger partial charge in [0.15, 0.2) is 0 Å². The summed E-state index contributed by atoms with van der Waals surface area (Å²) in [6, 6.07) is 25.9. The second-order valence-electron chi connectivity index (χ2n) is 11.5. The van der Waals surface area contributed by atoms with Crippen molar-refractivity contribution in [1.29, 1.82) is 0 Å². The summed E-state index contributed by atoms with van der Waals surface area (Å²) in [5, 5.41) is 12.6. The molecule has 2 saturated heterocycles. The van der Waals surface area contributed by atoms with E-state index in [9.17, 15) is 19.5 Å². The van der Waals surface area contributed by atoms with Gasteiger partial charge in [0, 0.05) is 38.1 Å². The minimum absolute atomic E-state index is 0.0899. The molecule has 2 fully saturated rings. The molecule has 0 saturated carbocycles. The molecule has 1 aliphatic carbocycles. The van der Waals surface area contributed by atoms with Gasteiger partial charge >= 0.3 is 12.1 Å². The van der Waals surface area contributed by atoms with E-state index >= 15 is 0 Å². The van der Waals surface area contributed by atoms with Gasteiger partial charge in [0.1, 0.15) is 12.1 Å². The molecular formula is C33H35N3O5. The summed E-state index contributed by atoms with van der Waals surface area (Å²) in [7, 11) is 0. The minimum Gasteiger partial charge on any atom is -0.481 e. The highest BCUT2D eigenvalue weighted by Gasteiger charge is 2.51. The predicted octanol–water partition coefficient (Wildman–Crippen LogP) is 4.49. The van der Waals surface area contributed by atoms with E-state index in [4.69, 9.17) is 4.74 Å². The van der Waals surface area contributed by atoms with Crippen LogP contribution in [-0.4, -0.2) is 70.7 Å². The van der Waals surface area contributed by atoms with Crippen LogP contribution in [0.3, 0.4) is 0 Å². The van der Waals surface area contributed by atoms with E-state index in [1.54, 1.807) is 11.8 Å². The second kappa shape index (κ2) is 11.0. The lowest BCUT2D eigenvalue weighted by Crippen LogP contribution is -2.62. The first-order valence-electron chi connectivity index (χ1n) is 14.3. The van der Waals surface area contributed by atoms with Gasteiger partial charge in [-0.05, 0) is 47.6 Å². The highest BCUT2D eigenvalue weighted by atomic mass is 16.5. The topological polar surface area (TPSA) is 99.2 Å². The van der Waals surface area contributed by atoms with E-state index in [1.165, 1.54) is 0 Å². The van der Waals surface area contributed by atoms with Crippen molar-refractivity contribution in [2.45, 2.75) is 43.8 Å². The zero-order chi connectivity index (χ0) is 28.6. The zero-order valence-electron chi connectivity index (χ0n) is 23.2. The molecule has 41 heavy (non-hydrogen) atoms. The first kappa shape index (κ1) is 27.0. The number of likely N-dealkylation sites (tertiary alicyclic amines) is 2. The van der Waals surface area contributed by atoms with Gasteiger partial charge in [0.2, 0.25) is 5.91 Å². The van der Waals surface area contributed by atoms with Gasteiger partial charge in [-0.15, -0.1) is 0 Å². The summed E-state index contributed by atoms with van der Waals surface area (Å²) in [4.78, 5) is 43.1. The van der Waals surface area contributed by atoms with Crippen LogP contribution in [0.25, 0.3) is 11.1 Å². The van der Waals surface area contributed by atoms with Crippen molar-refractivity contribution < 1.29 is 24.2 Å². The Balaban J connectivity index is 1.20. The zero-order valence-corrected chi connectivity index (χ0v) is 23.2. The maximum absolute atomic E-state index is 14.1. The third kappa shape index (κ3) is 5.08. The van der Waals surface area contributed by atoms with Crippen molar-refractivity contribution in [3.05, 3.63) is 95.6 Å². The standard InChI is InChI=1S/C33H35N3O5/c1-22-24(30(37)38)15-17-36(22)31(39)33(16-18-35(21-33)19-23-9-3-2-4-10-23)34-32(40)41-20-29-27-13-7-5-11-25(27)26-12-6-8-14-28(26)29/h2-14,22,24,29H,15-21H2,1H3,(H,34,40)(H,37,38). The van der Waals surface area contributed by atoms with Crippen molar-refractivity contribution in [1.82, 2.24) is 15.1 Å². The Hall–Kier alpha value is -4.17. The van der Waals surface area contributed by atoms with Gasteiger partial charge < -0.3 is 20.1 Å². The quantitative estimate of drug-likeness (QED) is 0.447. The molecule has 2 N–H and O–H groups in total. The minimum atomic E-state index is -1.20. The normalized spacial score (nSPS) is 23.7. The Kier molecular flexibility index (Phi) is 7.26. The van der Waals surface area contributed by atoms with Crippen molar-refractivity contribution >= 4 is 18.0 Å². The number of nitrogens with one attached hydrogen (secondary N) is 1. The molecule has 2 heterocycles. The van der Waals surface area contributed by atoms with E-state index < -0.39 is 29.6 Å². The first-order valence-corrected chi connectivity index (χ1v) is 14.3. The molecule has 3 unspecified atom stereocenters. The Morgan fingerprint density at radius 2 is 1.56 bits per heavy atom. The molecule has 8 heteroatoms. The average molecular weight is 554 g/mol. The van der Waals surface area contributed by atoms with E-state index in [0.717, 1.165) is 27.8 Å². The number of carbonyl (C=O) groups is 3. The van der Waals surface area contributed by atoms with Crippen LogP contribution in [0.5, 0.6) is 0 Å². The van der Waals surface area contributed by atoms with Gasteiger partial charge in [-0.1, -0.05) is 78.9 Å². The molecular weight excluding hydrogens is 518 g/mol. The number of carboxylic acid groups (broad SMARTS) is 1. The third-order valence-corrected chi connectivity index (χ3v) is 9.02. The second-order valence-corrected chi connectivity index (χ2v) is 11.5. The summed E-state index contributed by atoms with van der Waals surface area (Å²) in [6.07, 6.45) is 0.185. The van der Waals surface area contributed by atoms with Crippen LogP contribution in [-0.2, 0) is 20.9 Å².